The Morgan fingerprint density at radius 1 is 0.612 bits per heavy atom. The molecule has 0 aromatic heterocycles. The van der Waals surface area contributed by atoms with Crippen molar-refractivity contribution >= 4 is 36.6 Å². The van der Waals surface area contributed by atoms with Crippen LogP contribution in [-0.2, 0) is 56.9 Å². The van der Waals surface area contributed by atoms with Gasteiger partial charge in [0.05, 0.1) is 89.5 Å². The van der Waals surface area contributed by atoms with Crippen LogP contribution in [0.2, 0.25) is 0 Å². The summed E-state index contributed by atoms with van der Waals surface area (Å²) in [5.74, 6) is -3.51. The topological polar surface area (TPSA) is 200 Å². The smallest absolute Gasteiger partial charge is 0.310 e. The third kappa shape index (κ3) is 13.9. The van der Waals surface area contributed by atoms with Crippen LogP contribution in [0.4, 0.5) is 0 Å². The predicted octanol–water partition coefficient (Wildman–Crippen LogP) is 1.64. The fourth-order valence-corrected chi connectivity index (χ4v) is 7.21. The lowest BCUT2D eigenvalue weighted by Gasteiger charge is -2.30. The zero-order valence-corrected chi connectivity index (χ0v) is 28.1. The summed E-state index contributed by atoms with van der Waals surface area (Å²) < 4.78 is 56.2. The van der Waals surface area contributed by atoms with Gasteiger partial charge in [0.25, 0.3) is 7.37 Å². The Balaban J connectivity index is 1.44. The zero-order chi connectivity index (χ0) is 35.3. The molecule has 270 valence electrons. The van der Waals surface area contributed by atoms with E-state index in [0.29, 0.717) is 16.6 Å². The number of benzene rings is 2. The van der Waals surface area contributed by atoms with Gasteiger partial charge in [-0.3, -0.25) is 23.7 Å². The van der Waals surface area contributed by atoms with Gasteiger partial charge in [0.2, 0.25) is 0 Å². The third-order valence-corrected chi connectivity index (χ3v) is 9.39. The van der Waals surface area contributed by atoms with Crippen molar-refractivity contribution in [1.29, 1.82) is 0 Å². The second-order valence-electron chi connectivity index (χ2n) is 10.5. The molecule has 0 fully saturated rings. The number of para-hydroxylation sites is 1. The Labute approximate surface area is 284 Å². The molecule has 2 atom stereocenters. The van der Waals surface area contributed by atoms with Crippen molar-refractivity contribution < 1.29 is 71.6 Å². The number of fused-ring (bicyclic) bond motifs is 3. The molecule has 0 aliphatic carbocycles. The normalized spacial score (nSPS) is 15.2. The second kappa shape index (κ2) is 22.0. The second-order valence-corrected chi connectivity index (χ2v) is 12.9. The highest BCUT2D eigenvalue weighted by Gasteiger charge is 2.41. The van der Waals surface area contributed by atoms with Crippen LogP contribution in [0.3, 0.4) is 0 Å². The minimum atomic E-state index is -3.70. The fraction of sp³-hybridized carbons (Fsp3) is 0.515. The zero-order valence-electron chi connectivity index (χ0n) is 27.2. The first-order chi connectivity index (χ1) is 23.8. The van der Waals surface area contributed by atoms with E-state index in [-0.39, 0.29) is 98.3 Å². The summed E-state index contributed by atoms with van der Waals surface area (Å²) in [5, 5.41) is 17.9. The average molecular weight is 711 g/mol. The van der Waals surface area contributed by atoms with Crippen LogP contribution >= 0.6 is 7.37 Å². The summed E-state index contributed by atoms with van der Waals surface area (Å²) in [6, 6.07) is 14.2. The minimum Gasteiger partial charge on any atom is -0.463 e. The van der Waals surface area contributed by atoms with E-state index in [1.165, 1.54) is 0 Å². The average Bonchev–Trinajstić information content (AvgIpc) is 3.10. The maximum atomic E-state index is 14.4. The molecule has 3 rings (SSSR count). The van der Waals surface area contributed by atoms with Crippen molar-refractivity contribution in [2.24, 2.45) is 5.92 Å². The van der Waals surface area contributed by atoms with Gasteiger partial charge >= 0.3 is 23.9 Å². The molecule has 15 nitrogen and oxygen atoms in total. The lowest BCUT2D eigenvalue weighted by molar-refractivity contribution is -0.156. The van der Waals surface area contributed by atoms with Gasteiger partial charge in [-0.2, -0.15) is 0 Å². The van der Waals surface area contributed by atoms with Crippen LogP contribution in [0.1, 0.15) is 19.3 Å². The van der Waals surface area contributed by atoms with Gasteiger partial charge in [-0.25, -0.2) is 0 Å². The standard InChI is InChI=1S/C33H43O15P/c34-11-13-41-15-19-44-30(36)9-10-31(37)45-20-16-43-17-21-46-32(38)23-25(33(39)47-22-18-42-14-12-35)24-49(40)29-8-4-2-6-27(29)26-5-1-3-7-28(26)48-49/h1-8,25,34-35H,9-24H2. The molecule has 1 aliphatic heterocycles. The molecule has 0 spiro atoms. The van der Waals surface area contributed by atoms with E-state index in [1.54, 1.807) is 24.3 Å². The van der Waals surface area contributed by atoms with E-state index in [9.17, 15) is 23.7 Å². The number of aliphatic hydroxyl groups excluding tert-OH is 2. The van der Waals surface area contributed by atoms with Crippen molar-refractivity contribution in [2.45, 2.75) is 19.3 Å². The maximum Gasteiger partial charge on any atom is 0.310 e. The molecule has 16 heteroatoms. The first-order valence-electron chi connectivity index (χ1n) is 15.8. The summed E-state index contributed by atoms with van der Waals surface area (Å²) in [7, 11) is -3.70. The molecule has 2 aromatic rings. The van der Waals surface area contributed by atoms with Gasteiger partial charge in [0.15, 0.2) is 0 Å². The van der Waals surface area contributed by atoms with Gasteiger partial charge in [-0.05, 0) is 17.7 Å². The Morgan fingerprint density at radius 2 is 1.10 bits per heavy atom. The fourth-order valence-electron chi connectivity index (χ4n) is 4.63. The Bertz CT molecular complexity index is 1400. The van der Waals surface area contributed by atoms with E-state index in [4.69, 9.17) is 47.9 Å². The minimum absolute atomic E-state index is 0.00460. The summed E-state index contributed by atoms with van der Waals surface area (Å²) in [6.07, 6.45) is -1.10. The number of ether oxygens (including phenoxy) is 7. The van der Waals surface area contributed by atoms with E-state index in [0.717, 1.165) is 5.56 Å². The largest absolute Gasteiger partial charge is 0.463 e. The highest BCUT2D eigenvalue weighted by Crippen LogP contribution is 2.55. The molecule has 2 N–H and O–H groups in total. The van der Waals surface area contributed by atoms with E-state index in [1.807, 2.05) is 24.3 Å². The Kier molecular flexibility index (Phi) is 17.8. The molecule has 1 heterocycles. The number of carbonyl (C=O) groups is 4. The van der Waals surface area contributed by atoms with Gasteiger partial charge in [-0.1, -0.05) is 36.4 Å². The first-order valence-corrected chi connectivity index (χ1v) is 17.6. The molecule has 0 radical (unpaired) electrons. The SMILES string of the molecule is O=C(CCC(=O)OCCOCCOC(=O)CC(CP1(=O)Oc2ccccc2-c2ccccc21)C(=O)OCCOCCO)OCCOCCO. The highest BCUT2D eigenvalue weighted by molar-refractivity contribution is 7.67. The van der Waals surface area contributed by atoms with Crippen LogP contribution in [-0.4, -0.2) is 120 Å². The summed E-state index contributed by atoms with van der Waals surface area (Å²) in [4.78, 5) is 49.4. The highest BCUT2D eigenvalue weighted by atomic mass is 31.2. The van der Waals surface area contributed by atoms with Gasteiger partial charge in [0, 0.05) is 5.56 Å². The summed E-state index contributed by atoms with van der Waals surface area (Å²) in [5.41, 5.74) is 1.47. The van der Waals surface area contributed by atoms with Crippen molar-refractivity contribution in [3.63, 3.8) is 0 Å². The predicted molar refractivity (Wildman–Crippen MR) is 172 cm³/mol. The maximum absolute atomic E-state index is 14.4. The Hall–Kier alpha value is -3.85. The lowest BCUT2D eigenvalue weighted by atomic mass is 10.0. The van der Waals surface area contributed by atoms with Gasteiger partial charge in [-0.15, -0.1) is 0 Å². The van der Waals surface area contributed by atoms with Crippen LogP contribution in [0.25, 0.3) is 11.1 Å². The van der Waals surface area contributed by atoms with Gasteiger partial charge < -0.3 is 47.9 Å². The molecule has 0 saturated heterocycles. The Morgan fingerprint density at radius 3 is 1.69 bits per heavy atom. The quantitative estimate of drug-likeness (QED) is 0.0689. The number of hydrogen-bond donors (Lipinski definition) is 2. The number of aliphatic hydroxyl groups is 2. The molecule has 0 bridgehead atoms. The van der Waals surface area contributed by atoms with E-state index < -0.39 is 43.6 Å². The van der Waals surface area contributed by atoms with Crippen LogP contribution in [0, 0.1) is 5.92 Å². The monoisotopic (exact) mass is 710 g/mol. The molecule has 2 aromatic carbocycles. The molecular weight excluding hydrogens is 667 g/mol. The van der Waals surface area contributed by atoms with Crippen LogP contribution < -0.4 is 9.83 Å². The summed E-state index contributed by atoms with van der Waals surface area (Å²) >= 11 is 0. The molecule has 0 saturated carbocycles. The number of rotatable bonds is 24. The first kappa shape index (κ1) is 39.6. The number of carbonyl (C=O) groups excluding carboxylic acids is 4. The molecule has 1 aliphatic rings. The molecule has 49 heavy (non-hydrogen) atoms. The molecule has 0 amide bonds. The van der Waals surface area contributed by atoms with Crippen molar-refractivity contribution in [3.05, 3.63) is 48.5 Å². The molecular formula is C33H43O15P. The van der Waals surface area contributed by atoms with Gasteiger partial charge in [0.1, 0.15) is 32.2 Å². The van der Waals surface area contributed by atoms with E-state index in [2.05, 4.69) is 0 Å². The van der Waals surface area contributed by atoms with Crippen molar-refractivity contribution in [1.82, 2.24) is 0 Å². The molecule has 2 unspecified atom stereocenters. The van der Waals surface area contributed by atoms with Crippen molar-refractivity contribution in [3.8, 4) is 16.9 Å². The van der Waals surface area contributed by atoms with Crippen molar-refractivity contribution in [2.75, 3.05) is 85.4 Å². The number of esters is 4. The van der Waals surface area contributed by atoms with Crippen LogP contribution in [0.15, 0.2) is 48.5 Å². The van der Waals surface area contributed by atoms with E-state index >= 15 is 0 Å². The third-order valence-electron chi connectivity index (χ3n) is 6.85. The lowest BCUT2D eigenvalue weighted by Crippen LogP contribution is -2.30. The summed E-state index contributed by atoms with van der Waals surface area (Å²) in [6.45, 7) is -0.366. The van der Waals surface area contributed by atoms with Crippen LogP contribution in [0.5, 0.6) is 5.75 Å². The number of hydrogen-bond acceptors (Lipinski definition) is 15.